The molecule has 58 heavy (non-hydrogen) atoms. The van der Waals surface area contributed by atoms with E-state index in [1.54, 1.807) is 12.2 Å². The molecule has 0 aromatic heterocycles. The van der Waals surface area contributed by atoms with Gasteiger partial charge in [-0.05, 0) is 107 Å². The second-order valence-electron chi connectivity index (χ2n) is 14.3. The molecule has 0 heterocycles. The molecule has 0 fully saturated rings. The monoisotopic (exact) mass is 756 g/mol. The predicted molar refractivity (Wildman–Crippen MR) is 246 cm³/mol. The van der Waals surface area contributed by atoms with E-state index in [9.17, 15) is 0 Å². The summed E-state index contributed by atoms with van der Waals surface area (Å²) in [6.07, 6.45) is 5.29. The first-order valence-electron chi connectivity index (χ1n) is 20.0. The molecule has 0 bridgehead atoms. The maximum atomic E-state index is 5.66. The Morgan fingerprint density at radius 1 is 0.379 bits per heavy atom. The number of anilines is 6. The molecule has 0 radical (unpaired) electrons. The molecule has 0 saturated carbocycles. The maximum absolute atomic E-state index is 5.66. The van der Waals surface area contributed by atoms with Crippen molar-refractivity contribution in [2.75, 3.05) is 36.2 Å². The van der Waals surface area contributed by atoms with Gasteiger partial charge in [0.2, 0.25) is 0 Å². The van der Waals surface area contributed by atoms with Crippen LogP contribution in [0.5, 0.6) is 0 Å². The highest BCUT2D eigenvalue weighted by molar-refractivity contribution is 6.00. The van der Waals surface area contributed by atoms with E-state index in [2.05, 4.69) is 205 Å². The first kappa shape index (κ1) is 38.2. The van der Waals surface area contributed by atoms with Gasteiger partial charge in [-0.2, -0.15) is 0 Å². The van der Waals surface area contributed by atoms with Crippen molar-refractivity contribution in [3.05, 3.63) is 218 Å². The Morgan fingerprint density at radius 2 is 0.724 bits per heavy atom. The fourth-order valence-electron chi connectivity index (χ4n) is 7.60. The second-order valence-corrected chi connectivity index (χ2v) is 14.3. The SMILES string of the molecule is C=CCOCCc1ccc(N(c2ccc(-c3ccc(N(c4ccc(CCOCC=C)cc4)c4cccc5ccccc45)cc3)cc2)c2cccc3ccccc23)cc1. The molecule has 0 unspecified atom stereocenters. The third kappa shape index (κ3) is 8.64. The second kappa shape index (κ2) is 18.5. The predicted octanol–water partition coefficient (Wildman–Crippen LogP) is 14.1. The highest BCUT2D eigenvalue weighted by atomic mass is 16.5. The van der Waals surface area contributed by atoms with E-state index < -0.39 is 0 Å². The van der Waals surface area contributed by atoms with Gasteiger partial charge in [-0.3, -0.25) is 0 Å². The zero-order chi connectivity index (χ0) is 39.5. The molecule has 0 saturated heterocycles. The van der Waals surface area contributed by atoms with Crippen molar-refractivity contribution in [3.8, 4) is 11.1 Å². The molecule has 0 atom stereocenters. The molecular formula is C54H48N2O2. The van der Waals surface area contributed by atoms with Gasteiger partial charge in [0.05, 0.1) is 37.8 Å². The number of ether oxygens (including phenoxy) is 2. The highest BCUT2D eigenvalue weighted by Crippen LogP contribution is 2.42. The summed E-state index contributed by atoms with van der Waals surface area (Å²) in [7, 11) is 0. The Kier molecular flexibility index (Phi) is 12.2. The largest absolute Gasteiger partial charge is 0.377 e. The van der Waals surface area contributed by atoms with Crippen LogP contribution in [0.3, 0.4) is 0 Å². The molecule has 8 aromatic carbocycles. The fourth-order valence-corrected chi connectivity index (χ4v) is 7.60. The van der Waals surface area contributed by atoms with Gasteiger partial charge in [0.25, 0.3) is 0 Å². The van der Waals surface area contributed by atoms with Crippen molar-refractivity contribution in [1.82, 2.24) is 0 Å². The van der Waals surface area contributed by atoms with Crippen LogP contribution in [0.2, 0.25) is 0 Å². The molecule has 0 spiro atoms. The summed E-state index contributed by atoms with van der Waals surface area (Å²) in [5.74, 6) is 0. The lowest BCUT2D eigenvalue weighted by molar-refractivity contribution is 0.166. The molecule has 0 aliphatic carbocycles. The van der Waals surface area contributed by atoms with Crippen LogP contribution < -0.4 is 9.80 Å². The van der Waals surface area contributed by atoms with Gasteiger partial charge in [0.1, 0.15) is 0 Å². The van der Waals surface area contributed by atoms with Crippen molar-refractivity contribution in [3.63, 3.8) is 0 Å². The average molecular weight is 757 g/mol. The minimum Gasteiger partial charge on any atom is -0.377 e. The number of hydrogen-bond donors (Lipinski definition) is 0. The molecule has 4 heteroatoms. The highest BCUT2D eigenvalue weighted by Gasteiger charge is 2.18. The molecule has 8 rings (SSSR count). The summed E-state index contributed by atoms with van der Waals surface area (Å²) in [6.45, 7) is 9.98. The van der Waals surface area contributed by atoms with Crippen LogP contribution in [0.25, 0.3) is 32.7 Å². The summed E-state index contributed by atoms with van der Waals surface area (Å²) in [5, 5.41) is 4.82. The molecule has 286 valence electrons. The van der Waals surface area contributed by atoms with E-state index in [-0.39, 0.29) is 0 Å². The quantitative estimate of drug-likeness (QED) is 0.0682. The third-order valence-corrected chi connectivity index (χ3v) is 10.5. The lowest BCUT2D eigenvalue weighted by atomic mass is 10.0. The van der Waals surface area contributed by atoms with Gasteiger partial charge in [0, 0.05) is 33.5 Å². The van der Waals surface area contributed by atoms with Gasteiger partial charge in [0.15, 0.2) is 0 Å². The Morgan fingerprint density at radius 3 is 1.10 bits per heavy atom. The van der Waals surface area contributed by atoms with Crippen LogP contribution >= 0.6 is 0 Å². The molecule has 0 aliphatic rings. The topological polar surface area (TPSA) is 24.9 Å². The van der Waals surface area contributed by atoms with E-state index in [0.717, 1.165) is 58.1 Å². The first-order chi connectivity index (χ1) is 28.7. The summed E-state index contributed by atoms with van der Waals surface area (Å²) in [4.78, 5) is 4.71. The van der Waals surface area contributed by atoms with E-state index >= 15 is 0 Å². The van der Waals surface area contributed by atoms with Gasteiger partial charge < -0.3 is 19.3 Å². The Hall–Kier alpha value is -6.72. The summed E-state index contributed by atoms with van der Waals surface area (Å²) in [5.41, 5.74) is 11.5. The summed E-state index contributed by atoms with van der Waals surface area (Å²) < 4.78 is 11.3. The summed E-state index contributed by atoms with van der Waals surface area (Å²) in [6, 6.07) is 65.7. The Labute approximate surface area is 342 Å². The van der Waals surface area contributed by atoms with Gasteiger partial charge in [-0.15, -0.1) is 13.2 Å². The molecular weight excluding hydrogens is 709 g/mol. The lowest BCUT2D eigenvalue weighted by Gasteiger charge is -2.28. The molecule has 4 nitrogen and oxygen atoms in total. The molecule has 0 aliphatic heterocycles. The van der Waals surface area contributed by atoms with E-state index in [1.165, 1.54) is 32.7 Å². The minimum absolute atomic E-state index is 0.569. The lowest BCUT2D eigenvalue weighted by Crippen LogP contribution is -2.11. The van der Waals surface area contributed by atoms with E-state index in [4.69, 9.17) is 9.47 Å². The first-order valence-corrected chi connectivity index (χ1v) is 20.0. The average Bonchev–Trinajstić information content (AvgIpc) is 3.28. The zero-order valence-electron chi connectivity index (χ0n) is 32.8. The van der Waals surface area contributed by atoms with Crippen LogP contribution in [0.4, 0.5) is 34.1 Å². The molecule has 0 amide bonds. The van der Waals surface area contributed by atoms with Crippen LogP contribution in [0, 0.1) is 0 Å². The van der Waals surface area contributed by atoms with Crippen molar-refractivity contribution in [2.24, 2.45) is 0 Å². The smallest absolute Gasteiger partial charge is 0.0644 e. The van der Waals surface area contributed by atoms with Crippen LogP contribution in [0.15, 0.2) is 207 Å². The Balaban J connectivity index is 1.10. The zero-order valence-corrected chi connectivity index (χ0v) is 32.8. The standard InChI is InChI=1S/C54H48N2O2/c1-3-37-57-39-35-41-19-27-47(28-20-41)55(53-17-9-13-45-11-5-7-15-51(45)53)49-31-23-43(24-32-49)44-25-33-50(34-26-44)56(54-18-10-14-46-12-6-8-16-52(46)54)48-29-21-42(22-30-48)36-40-58-38-4-2/h3-34H,1-2,35-40H2. The van der Waals surface area contributed by atoms with E-state index in [1.807, 2.05) is 0 Å². The third-order valence-electron chi connectivity index (χ3n) is 10.5. The molecule has 8 aromatic rings. The Bertz CT molecular complexity index is 2400. The number of nitrogens with zero attached hydrogens (tertiary/aromatic N) is 2. The van der Waals surface area contributed by atoms with E-state index in [0.29, 0.717) is 26.4 Å². The number of benzene rings is 8. The van der Waals surface area contributed by atoms with Gasteiger partial charge >= 0.3 is 0 Å². The number of rotatable bonds is 17. The maximum Gasteiger partial charge on any atom is 0.0644 e. The van der Waals surface area contributed by atoms with Crippen LogP contribution in [-0.2, 0) is 22.3 Å². The van der Waals surface area contributed by atoms with Crippen LogP contribution in [0.1, 0.15) is 11.1 Å². The number of hydrogen-bond acceptors (Lipinski definition) is 4. The fraction of sp³-hybridized carbons (Fsp3) is 0.111. The van der Waals surface area contributed by atoms with Crippen LogP contribution in [-0.4, -0.2) is 26.4 Å². The minimum atomic E-state index is 0.569. The molecule has 0 N–H and O–H groups in total. The van der Waals surface area contributed by atoms with Gasteiger partial charge in [-0.25, -0.2) is 0 Å². The van der Waals surface area contributed by atoms with Crippen molar-refractivity contribution in [2.45, 2.75) is 12.8 Å². The number of fused-ring (bicyclic) bond motifs is 2. The van der Waals surface area contributed by atoms with Crippen molar-refractivity contribution in [1.29, 1.82) is 0 Å². The van der Waals surface area contributed by atoms with Gasteiger partial charge in [-0.1, -0.05) is 133 Å². The van der Waals surface area contributed by atoms with Crippen molar-refractivity contribution >= 4 is 55.7 Å². The van der Waals surface area contributed by atoms with Crippen molar-refractivity contribution < 1.29 is 9.47 Å². The summed E-state index contributed by atoms with van der Waals surface area (Å²) >= 11 is 0. The normalized spacial score (nSPS) is 11.1.